The Labute approximate surface area is 152 Å². The van der Waals surface area contributed by atoms with Gasteiger partial charge in [-0.2, -0.15) is 0 Å². The summed E-state index contributed by atoms with van der Waals surface area (Å²) in [6.45, 7) is 8.31. The second kappa shape index (κ2) is 13.8. The van der Waals surface area contributed by atoms with Gasteiger partial charge in [0.05, 0.1) is 19.3 Å². The molecule has 0 radical (unpaired) electrons. The molecule has 26 heavy (non-hydrogen) atoms. The Morgan fingerprint density at radius 1 is 0.846 bits per heavy atom. The van der Waals surface area contributed by atoms with Gasteiger partial charge in [0.1, 0.15) is 19.8 Å². The van der Waals surface area contributed by atoms with E-state index in [4.69, 9.17) is 23.7 Å². The number of carbonyl (C=O) groups excluding carboxylic acids is 4. The van der Waals surface area contributed by atoms with Crippen molar-refractivity contribution < 1.29 is 42.9 Å². The smallest absolute Gasteiger partial charge is 0.333 e. The average Bonchev–Trinajstić information content (AvgIpc) is 2.56. The molecular weight excluding hydrogens is 348 g/mol. The number of rotatable bonds is 13. The monoisotopic (exact) mass is 374 g/mol. The van der Waals surface area contributed by atoms with Crippen LogP contribution in [0.1, 0.15) is 40.0 Å². The van der Waals surface area contributed by atoms with Gasteiger partial charge in [0.15, 0.2) is 6.29 Å². The van der Waals surface area contributed by atoms with Crippen LogP contribution in [-0.4, -0.2) is 56.6 Å². The Balaban J connectivity index is 3.72. The lowest BCUT2D eigenvalue weighted by molar-refractivity contribution is -0.175. The fraction of sp³-hybridized carbons (Fsp3) is 0.647. The number of ether oxygens (including phenoxy) is 5. The lowest BCUT2D eigenvalue weighted by atomic mass is 10.3. The molecule has 1 atom stereocenters. The molecule has 0 aromatic heterocycles. The van der Waals surface area contributed by atoms with Gasteiger partial charge in [-0.3, -0.25) is 14.4 Å². The van der Waals surface area contributed by atoms with Crippen LogP contribution >= 0.6 is 0 Å². The Morgan fingerprint density at radius 2 is 1.38 bits per heavy atom. The summed E-state index contributed by atoms with van der Waals surface area (Å²) in [5.41, 5.74) is 0.246. The van der Waals surface area contributed by atoms with Crippen LogP contribution in [-0.2, 0) is 42.9 Å². The van der Waals surface area contributed by atoms with Gasteiger partial charge in [0, 0.05) is 12.2 Å². The molecule has 148 valence electrons. The van der Waals surface area contributed by atoms with Crippen molar-refractivity contribution in [2.24, 2.45) is 0 Å². The van der Waals surface area contributed by atoms with Crippen molar-refractivity contribution in [3.8, 4) is 0 Å². The van der Waals surface area contributed by atoms with Crippen molar-refractivity contribution in [1.29, 1.82) is 0 Å². The molecule has 0 bridgehead atoms. The summed E-state index contributed by atoms with van der Waals surface area (Å²) >= 11 is 0. The van der Waals surface area contributed by atoms with Crippen LogP contribution in [0.15, 0.2) is 12.2 Å². The first-order valence-corrected chi connectivity index (χ1v) is 8.21. The summed E-state index contributed by atoms with van der Waals surface area (Å²) in [6, 6.07) is 0. The van der Waals surface area contributed by atoms with Gasteiger partial charge in [-0.25, -0.2) is 4.79 Å². The summed E-state index contributed by atoms with van der Waals surface area (Å²) in [5.74, 6) is -2.39. The number of carbonyl (C=O) groups is 4. The van der Waals surface area contributed by atoms with E-state index in [9.17, 15) is 19.2 Å². The first-order chi connectivity index (χ1) is 12.3. The standard InChI is InChI=1S/C17H26O9/c1-5-22-13(4)26-16(20)8-9-23-14(18)6-7-15(19)24-10-11-25-17(21)12(2)3/h13H,2,5-11H2,1,3-4H3. The average molecular weight is 374 g/mol. The minimum Gasteiger partial charge on any atom is -0.465 e. The predicted octanol–water partition coefficient (Wildman–Crippen LogP) is 1.29. The highest BCUT2D eigenvalue weighted by molar-refractivity contribution is 5.86. The SMILES string of the molecule is C=C(C)C(=O)OCCOC(=O)CCC(=O)OCCC(=O)OC(C)OCC. The molecule has 0 aliphatic carbocycles. The maximum atomic E-state index is 11.5. The van der Waals surface area contributed by atoms with Gasteiger partial charge in [-0.05, 0) is 20.8 Å². The minimum atomic E-state index is -0.660. The summed E-state index contributed by atoms with van der Waals surface area (Å²) < 4.78 is 24.3. The van der Waals surface area contributed by atoms with Crippen LogP contribution in [0.2, 0.25) is 0 Å². The molecule has 0 rings (SSSR count). The van der Waals surface area contributed by atoms with E-state index in [0.717, 1.165) is 0 Å². The largest absolute Gasteiger partial charge is 0.465 e. The molecular formula is C17H26O9. The molecule has 0 N–H and O–H groups in total. The fourth-order valence-corrected chi connectivity index (χ4v) is 1.52. The number of hydrogen-bond donors (Lipinski definition) is 0. The molecule has 0 aliphatic heterocycles. The molecule has 0 saturated carbocycles. The number of esters is 4. The van der Waals surface area contributed by atoms with Gasteiger partial charge in [-0.1, -0.05) is 6.58 Å². The van der Waals surface area contributed by atoms with E-state index in [1.807, 2.05) is 0 Å². The molecule has 0 heterocycles. The zero-order valence-electron chi connectivity index (χ0n) is 15.4. The van der Waals surface area contributed by atoms with Crippen molar-refractivity contribution in [1.82, 2.24) is 0 Å². The lowest BCUT2D eigenvalue weighted by Gasteiger charge is -2.12. The molecule has 0 fully saturated rings. The zero-order valence-corrected chi connectivity index (χ0v) is 15.4. The van der Waals surface area contributed by atoms with Crippen molar-refractivity contribution >= 4 is 23.9 Å². The summed E-state index contributed by atoms with van der Waals surface area (Å²) in [6.07, 6.45) is -1.14. The zero-order chi connectivity index (χ0) is 19.9. The first kappa shape index (κ1) is 23.6. The minimum absolute atomic E-state index is 0.0931. The maximum absolute atomic E-state index is 11.5. The van der Waals surface area contributed by atoms with E-state index in [2.05, 4.69) is 6.58 Å². The Hall–Kier alpha value is -2.42. The number of hydrogen-bond acceptors (Lipinski definition) is 9. The Kier molecular flexibility index (Phi) is 12.5. The topological polar surface area (TPSA) is 114 Å². The summed E-state index contributed by atoms with van der Waals surface area (Å²) in [7, 11) is 0. The van der Waals surface area contributed by atoms with Crippen molar-refractivity contribution in [2.45, 2.75) is 46.3 Å². The summed E-state index contributed by atoms with van der Waals surface area (Å²) in [4.78, 5) is 45.4. The molecule has 0 amide bonds. The Morgan fingerprint density at radius 3 is 1.92 bits per heavy atom. The molecule has 9 heteroatoms. The highest BCUT2D eigenvalue weighted by Gasteiger charge is 2.12. The molecule has 9 nitrogen and oxygen atoms in total. The van der Waals surface area contributed by atoms with Crippen molar-refractivity contribution in [3.05, 3.63) is 12.2 Å². The highest BCUT2D eigenvalue weighted by atomic mass is 16.7. The van der Waals surface area contributed by atoms with E-state index in [-0.39, 0.29) is 44.7 Å². The van der Waals surface area contributed by atoms with E-state index in [0.29, 0.717) is 6.61 Å². The van der Waals surface area contributed by atoms with Crippen molar-refractivity contribution in [3.63, 3.8) is 0 Å². The molecule has 1 unspecified atom stereocenters. The van der Waals surface area contributed by atoms with Gasteiger partial charge in [0.25, 0.3) is 0 Å². The quantitative estimate of drug-likeness (QED) is 0.155. The van der Waals surface area contributed by atoms with E-state index in [1.54, 1.807) is 13.8 Å². The van der Waals surface area contributed by atoms with Crippen LogP contribution < -0.4 is 0 Å². The van der Waals surface area contributed by atoms with Crippen LogP contribution in [0.4, 0.5) is 0 Å². The maximum Gasteiger partial charge on any atom is 0.333 e. The normalized spacial score (nSPS) is 11.2. The second-order valence-corrected chi connectivity index (χ2v) is 5.12. The summed E-state index contributed by atoms with van der Waals surface area (Å²) in [5, 5.41) is 0. The van der Waals surface area contributed by atoms with Gasteiger partial charge in [0.2, 0.25) is 0 Å². The fourth-order valence-electron chi connectivity index (χ4n) is 1.52. The first-order valence-electron chi connectivity index (χ1n) is 8.21. The molecule has 0 spiro atoms. The second-order valence-electron chi connectivity index (χ2n) is 5.12. The van der Waals surface area contributed by atoms with E-state index >= 15 is 0 Å². The van der Waals surface area contributed by atoms with Crippen LogP contribution in [0.3, 0.4) is 0 Å². The molecule has 0 aromatic carbocycles. The lowest BCUT2D eigenvalue weighted by Crippen LogP contribution is -2.20. The molecule has 0 aromatic rings. The van der Waals surface area contributed by atoms with Gasteiger partial charge >= 0.3 is 23.9 Å². The van der Waals surface area contributed by atoms with Crippen LogP contribution in [0, 0.1) is 0 Å². The van der Waals surface area contributed by atoms with Crippen LogP contribution in [0.5, 0.6) is 0 Å². The Bertz CT molecular complexity index is 498. The highest BCUT2D eigenvalue weighted by Crippen LogP contribution is 2.00. The third kappa shape index (κ3) is 12.9. The predicted molar refractivity (Wildman–Crippen MR) is 88.7 cm³/mol. The molecule has 0 saturated heterocycles. The van der Waals surface area contributed by atoms with Gasteiger partial charge < -0.3 is 23.7 Å². The third-order valence-electron chi connectivity index (χ3n) is 2.73. The van der Waals surface area contributed by atoms with Crippen molar-refractivity contribution in [2.75, 3.05) is 26.4 Å². The molecule has 0 aliphatic rings. The third-order valence-corrected chi connectivity index (χ3v) is 2.73. The van der Waals surface area contributed by atoms with Gasteiger partial charge in [-0.15, -0.1) is 0 Å². The van der Waals surface area contributed by atoms with Crippen LogP contribution in [0.25, 0.3) is 0 Å². The van der Waals surface area contributed by atoms with E-state index in [1.165, 1.54) is 6.92 Å². The van der Waals surface area contributed by atoms with E-state index < -0.39 is 30.2 Å².